The van der Waals surface area contributed by atoms with E-state index in [2.05, 4.69) is 31.3 Å². The second-order valence-corrected chi connectivity index (χ2v) is 18.6. The first kappa shape index (κ1) is 59.8. The van der Waals surface area contributed by atoms with Crippen molar-refractivity contribution in [3.63, 3.8) is 0 Å². The van der Waals surface area contributed by atoms with Gasteiger partial charge in [-0.3, -0.25) is 4.79 Å². The topological polar surface area (TPSA) is 307 Å². The number of unbranched alkanes of at least 4 members (excludes halogenated alkanes) is 17. The lowest BCUT2D eigenvalue weighted by molar-refractivity contribution is -0.379. The van der Waals surface area contributed by atoms with Gasteiger partial charge in [0.1, 0.15) is 73.2 Å². The first-order valence-corrected chi connectivity index (χ1v) is 25.4. The van der Waals surface area contributed by atoms with Crippen LogP contribution in [0.4, 0.5) is 0 Å². The van der Waals surface area contributed by atoms with Crippen LogP contribution < -0.4 is 5.32 Å². The van der Waals surface area contributed by atoms with Crippen LogP contribution in [0.15, 0.2) is 12.2 Å². The van der Waals surface area contributed by atoms with E-state index in [4.69, 9.17) is 28.4 Å². The van der Waals surface area contributed by atoms with E-state index in [9.17, 15) is 61.0 Å². The van der Waals surface area contributed by atoms with Crippen LogP contribution in [0.5, 0.6) is 0 Å². The first-order chi connectivity index (χ1) is 32.3. The molecule has 17 unspecified atom stereocenters. The van der Waals surface area contributed by atoms with Crippen molar-refractivity contribution in [2.45, 2.75) is 259 Å². The van der Waals surface area contributed by atoms with Crippen molar-refractivity contribution < 1.29 is 89.4 Å². The number of carbonyl (C=O) groups excluding carboxylic acids is 1. The highest BCUT2D eigenvalue weighted by atomic mass is 16.8. The molecular formula is C48H89NO18. The van der Waals surface area contributed by atoms with E-state index in [1.54, 1.807) is 0 Å². The minimum atomic E-state index is -1.97. The van der Waals surface area contributed by atoms with Crippen molar-refractivity contribution in [1.82, 2.24) is 5.32 Å². The second kappa shape index (κ2) is 34.0. The fourth-order valence-corrected chi connectivity index (χ4v) is 8.78. The molecule has 0 aliphatic carbocycles. The van der Waals surface area contributed by atoms with E-state index in [1.807, 2.05) is 0 Å². The van der Waals surface area contributed by atoms with E-state index in [0.29, 0.717) is 12.8 Å². The normalized spacial score (nSPS) is 33.5. The molecule has 3 aliphatic rings. The molecule has 3 fully saturated rings. The van der Waals surface area contributed by atoms with Crippen molar-refractivity contribution in [3.05, 3.63) is 12.2 Å². The van der Waals surface area contributed by atoms with Gasteiger partial charge in [0.25, 0.3) is 0 Å². The van der Waals surface area contributed by atoms with Crippen molar-refractivity contribution in [2.75, 3.05) is 26.4 Å². The lowest BCUT2D eigenvalue weighted by atomic mass is 9.96. The maximum atomic E-state index is 13.2. The van der Waals surface area contributed by atoms with Crippen molar-refractivity contribution in [2.24, 2.45) is 0 Å². The third-order valence-corrected chi connectivity index (χ3v) is 13.1. The number of hydrogen-bond acceptors (Lipinski definition) is 18. The Morgan fingerprint density at radius 1 is 0.522 bits per heavy atom. The Labute approximate surface area is 397 Å². The molecular weight excluding hydrogens is 879 g/mol. The Morgan fingerprint density at radius 2 is 0.940 bits per heavy atom. The summed E-state index contributed by atoms with van der Waals surface area (Å²) < 4.78 is 34.1. The largest absolute Gasteiger partial charge is 0.394 e. The molecule has 0 radical (unpaired) electrons. The van der Waals surface area contributed by atoms with Crippen LogP contribution in [-0.2, 0) is 33.2 Å². The summed E-state index contributed by atoms with van der Waals surface area (Å²) in [5, 5.41) is 120. The van der Waals surface area contributed by atoms with Crippen LogP contribution in [0.3, 0.4) is 0 Å². The van der Waals surface area contributed by atoms with Crippen molar-refractivity contribution >= 4 is 5.91 Å². The molecule has 12 N–H and O–H groups in total. The molecule has 3 saturated heterocycles. The molecule has 3 rings (SSSR count). The fraction of sp³-hybridized carbons (Fsp3) is 0.938. The van der Waals surface area contributed by atoms with Gasteiger partial charge in [0, 0.05) is 6.42 Å². The van der Waals surface area contributed by atoms with Gasteiger partial charge in [-0.1, -0.05) is 122 Å². The second-order valence-electron chi connectivity index (χ2n) is 18.6. The molecule has 1 amide bonds. The number of rotatable bonds is 35. The van der Waals surface area contributed by atoms with Crippen molar-refractivity contribution in [3.8, 4) is 0 Å². The Kier molecular flexibility index (Phi) is 30.4. The van der Waals surface area contributed by atoms with Gasteiger partial charge in [0.05, 0.1) is 38.6 Å². The molecule has 67 heavy (non-hydrogen) atoms. The Bertz CT molecular complexity index is 1300. The summed E-state index contributed by atoms with van der Waals surface area (Å²) in [5.74, 6) is -0.257. The molecule has 19 nitrogen and oxygen atoms in total. The van der Waals surface area contributed by atoms with Gasteiger partial charge < -0.3 is 89.9 Å². The summed E-state index contributed by atoms with van der Waals surface area (Å²) in [6.07, 6.45) is 0.477. The zero-order chi connectivity index (χ0) is 49.1. The third-order valence-electron chi connectivity index (χ3n) is 13.1. The zero-order valence-corrected chi connectivity index (χ0v) is 40.1. The predicted octanol–water partition coefficient (Wildman–Crippen LogP) is 1.48. The van der Waals surface area contributed by atoms with E-state index in [0.717, 1.165) is 64.2 Å². The molecule has 0 aromatic heterocycles. The number of nitrogens with one attached hydrogen (secondary N) is 1. The molecule has 3 aliphatic heterocycles. The van der Waals surface area contributed by atoms with Gasteiger partial charge in [-0.05, 0) is 38.5 Å². The summed E-state index contributed by atoms with van der Waals surface area (Å²) in [6.45, 7) is 1.69. The molecule has 0 spiro atoms. The summed E-state index contributed by atoms with van der Waals surface area (Å²) in [7, 11) is 0. The maximum absolute atomic E-state index is 13.2. The van der Waals surface area contributed by atoms with Crippen molar-refractivity contribution in [1.29, 1.82) is 0 Å². The van der Waals surface area contributed by atoms with Crippen LogP contribution >= 0.6 is 0 Å². The summed E-state index contributed by atoms with van der Waals surface area (Å²) in [5.41, 5.74) is 0. The lowest BCUT2D eigenvalue weighted by Gasteiger charge is -2.48. The van der Waals surface area contributed by atoms with Gasteiger partial charge in [0.15, 0.2) is 18.9 Å². The number of amides is 1. The molecule has 3 heterocycles. The highest BCUT2D eigenvalue weighted by Crippen LogP contribution is 2.33. The van der Waals surface area contributed by atoms with Crippen LogP contribution in [-0.4, -0.2) is 193 Å². The monoisotopic (exact) mass is 968 g/mol. The number of aliphatic hydroxyl groups is 11. The van der Waals surface area contributed by atoms with E-state index >= 15 is 0 Å². The number of allylic oxidation sites excluding steroid dienone is 2. The Hall–Kier alpha value is -1.47. The molecule has 0 bridgehead atoms. The van der Waals surface area contributed by atoms with Crippen LogP contribution in [0, 0.1) is 0 Å². The predicted molar refractivity (Wildman–Crippen MR) is 245 cm³/mol. The minimum absolute atomic E-state index is 0.257. The quantitative estimate of drug-likeness (QED) is 0.0316. The van der Waals surface area contributed by atoms with E-state index in [1.165, 1.54) is 57.8 Å². The summed E-state index contributed by atoms with van der Waals surface area (Å²) in [6, 6.07) is -0.884. The molecule has 0 aromatic carbocycles. The number of aliphatic hydroxyl groups excluding tert-OH is 11. The van der Waals surface area contributed by atoms with Crippen LogP contribution in [0.25, 0.3) is 0 Å². The maximum Gasteiger partial charge on any atom is 0.220 e. The SMILES string of the molecule is CCCCC/C=C\CCCCCCCC(=O)NC(COC1OC(CO)C(OC2OC(CO)C(OC3OC(CO)C(O)C(O)C3O)C(O)C2O)C(O)C1O)C(O)CCCCCCCCCCCC. The number of carbonyl (C=O) groups is 1. The number of ether oxygens (including phenoxy) is 6. The average molecular weight is 968 g/mol. The molecule has 17 atom stereocenters. The molecule has 0 aromatic rings. The smallest absolute Gasteiger partial charge is 0.220 e. The van der Waals surface area contributed by atoms with E-state index in [-0.39, 0.29) is 18.9 Å². The molecule has 394 valence electrons. The fourth-order valence-electron chi connectivity index (χ4n) is 8.78. The van der Waals surface area contributed by atoms with Crippen LogP contribution in [0.1, 0.15) is 155 Å². The summed E-state index contributed by atoms with van der Waals surface area (Å²) >= 11 is 0. The zero-order valence-electron chi connectivity index (χ0n) is 40.1. The highest BCUT2D eigenvalue weighted by Gasteiger charge is 2.53. The summed E-state index contributed by atoms with van der Waals surface area (Å²) in [4.78, 5) is 13.2. The van der Waals surface area contributed by atoms with E-state index < -0.39 is 124 Å². The standard InChI is InChI=1S/C48H89NO18/c1-3-5-7-9-11-13-15-16-18-20-22-24-26-36(54)49-31(32(53)25-23-21-19-17-14-12-10-8-6-4-2)30-62-46-42(60)39(57)44(34(28-51)64-46)67-48-43(61)40(58)45(35(29-52)65-48)66-47-41(59)38(56)37(55)33(27-50)63-47/h11,13,31-35,37-48,50-53,55-61H,3-10,12,14-30H2,1-2H3,(H,49,54)/b13-11-. The Morgan fingerprint density at radius 3 is 1.48 bits per heavy atom. The van der Waals surface area contributed by atoms with Gasteiger partial charge in [0.2, 0.25) is 5.91 Å². The van der Waals surface area contributed by atoms with Gasteiger partial charge in [-0.2, -0.15) is 0 Å². The average Bonchev–Trinajstić information content (AvgIpc) is 3.32. The highest BCUT2D eigenvalue weighted by molar-refractivity contribution is 5.76. The lowest BCUT2D eigenvalue weighted by Crippen LogP contribution is -2.66. The van der Waals surface area contributed by atoms with Crippen LogP contribution in [0.2, 0.25) is 0 Å². The third kappa shape index (κ3) is 20.3. The Balaban J connectivity index is 1.56. The molecule has 0 saturated carbocycles. The van der Waals surface area contributed by atoms with Gasteiger partial charge in [-0.15, -0.1) is 0 Å². The minimum Gasteiger partial charge on any atom is -0.394 e. The van der Waals surface area contributed by atoms with Gasteiger partial charge >= 0.3 is 0 Å². The molecule has 19 heteroatoms. The first-order valence-electron chi connectivity index (χ1n) is 25.4. The number of hydrogen-bond donors (Lipinski definition) is 12. The van der Waals surface area contributed by atoms with Gasteiger partial charge in [-0.25, -0.2) is 0 Å².